The second-order valence-electron chi connectivity index (χ2n) is 6.10. The normalized spacial score (nSPS) is 15.6. The molecule has 138 valence electrons. The lowest BCUT2D eigenvalue weighted by Gasteiger charge is -2.22. The van der Waals surface area contributed by atoms with E-state index in [1.54, 1.807) is 0 Å². The van der Waals surface area contributed by atoms with Crippen LogP contribution in [0.25, 0.3) is 0 Å². The minimum absolute atomic E-state index is 0.000104. The predicted octanol–water partition coefficient (Wildman–Crippen LogP) is 2.19. The van der Waals surface area contributed by atoms with Crippen LogP contribution in [-0.2, 0) is 24.3 Å². The highest BCUT2D eigenvalue weighted by molar-refractivity contribution is 7.89. The fourth-order valence-corrected chi connectivity index (χ4v) is 4.07. The first-order chi connectivity index (χ1) is 11.9. The number of hydrogen-bond acceptors (Lipinski definition) is 5. The molecule has 1 saturated carbocycles. The topological polar surface area (TPSA) is 102 Å². The summed E-state index contributed by atoms with van der Waals surface area (Å²) in [4.78, 5) is 22.9. The Kier molecular flexibility index (Phi) is 6.95. The van der Waals surface area contributed by atoms with E-state index in [-0.39, 0.29) is 29.7 Å². The fraction of sp³-hybridized carbons (Fsp3) is 0.529. The van der Waals surface area contributed by atoms with Gasteiger partial charge < -0.3 is 10.1 Å². The zero-order valence-electron chi connectivity index (χ0n) is 14.3. The Morgan fingerprint density at radius 3 is 2.32 bits per heavy atom. The highest BCUT2D eigenvalue weighted by Crippen LogP contribution is 2.20. The Balaban J connectivity index is 1.91. The largest absolute Gasteiger partial charge is 0.469 e. The summed E-state index contributed by atoms with van der Waals surface area (Å²) in [5.41, 5.74) is 0.478. The molecule has 7 nitrogen and oxygen atoms in total. The number of benzene rings is 1. The molecule has 0 bridgehead atoms. The smallest absolute Gasteiger partial charge is 0.306 e. The van der Waals surface area contributed by atoms with Gasteiger partial charge in [0.2, 0.25) is 15.9 Å². The Bertz CT molecular complexity index is 694. The predicted molar refractivity (Wildman–Crippen MR) is 93.5 cm³/mol. The van der Waals surface area contributed by atoms with Crippen molar-refractivity contribution in [1.82, 2.24) is 4.72 Å². The fourth-order valence-electron chi connectivity index (χ4n) is 2.77. The summed E-state index contributed by atoms with van der Waals surface area (Å²) in [6.07, 6.45) is 4.99. The molecule has 0 atom stereocenters. The number of nitrogens with one attached hydrogen (secondary N) is 2. The molecule has 1 fully saturated rings. The quantitative estimate of drug-likeness (QED) is 0.718. The number of rotatable bonds is 7. The molecule has 1 aromatic carbocycles. The number of esters is 1. The maximum atomic E-state index is 12.4. The molecule has 0 heterocycles. The monoisotopic (exact) mass is 368 g/mol. The molecular weight excluding hydrogens is 344 g/mol. The van der Waals surface area contributed by atoms with Crippen LogP contribution >= 0.6 is 0 Å². The average molecular weight is 368 g/mol. The number of ether oxygens (including phenoxy) is 1. The van der Waals surface area contributed by atoms with E-state index in [1.165, 1.54) is 31.4 Å². The van der Waals surface area contributed by atoms with Crippen molar-refractivity contribution in [2.45, 2.75) is 55.9 Å². The molecule has 2 rings (SSSR count). The molecule has 1 aliphatic carbocycles. The van der Waals surface area contributed by atoms with E-state index < -0.39 is 16.0 Å². The van der Waals surface area contributed by atoms with Crippen LogP contribution < -0.4 is 10.0 Å². The molecular formula is C17H24N2O5S. The Morgan fingerprint density at radius 1 is 1.08 bits per heavy atom. The van der Waals surface area contributed by atoms with Gasteiger partial charge in [-0.3, -0.25) is 9.59 Å². The molecule has 25 heavy (non-hydrogen) atoms. The molecule has 0 radical (unpaired) electrons. The van der Waals surface area contributed by atoms with Crippen LogP contribution in [0.5, 0.6) is 0 Å². The molecule has 1 amide bonds. The molecule has 8 heteroatoms. The highest BCUT2D eigenvalue weighted by Gasteiger charge is 2.21. The molecule has 2 N–H and O–H groups in total. The standard InChI is InChI=1S/C17H24N2O5S/c1-24-17(21)12-11-16(20)18-13-7-9-15(10-8-13)25(22,23)19-14-5-3-2-4-6-14/h7-10,14,19H,2-6,11-12H2,1H3,(H,18,20). The third kappa shape index (κ3) is 6.13. The van der Waals surface area contributed by atoms with Crippen LogP contribution in [0.2, 0.25) is 0 Å². The van der Waals surface area contributed by atoms with Crippen molar-refractivity contribution < 1.29 is 22.7 Å². The summed E-state index contributed by atoms with van der Waals surface area (Å²) in [6.45, 7) is 0. The van der Waals surface area contributed by atoms with Crippen molar-refractivity contribution in [3.63, 3.8) is 0 Å². The number of methoxy groups -OCH3 is 1. The van der Waals surface area contributed by atoms with Gasteiger partial charge in [0.15, 0.2) is 0 Å². The Hall–Kier alpha value is -1.93. The zero-order valence-corrected chi connectivity index (χ0v) is 15.1. The van der Waals surface area contributed by atoms with Crippen LogP contribution in [-0.4, -0.2) is 33.4 Å². The van der Waals surface area contributed by atoms with Gasteiger partial charge in [0, 0.05) is 18.2 Å². The van der Waals surface area contributed by atoms with Crippen LogP contribution in [0.4, 0.5) is 5.69 Å². The van der Waals surface area contributed by atoms with Gasteiger partial charge in [-0.1, -0.05) is 19.3 Å². The first-order valence-corrected chi connectivity index (χ1v) is 9.88. The Labute approximate surface area is 148 Å². The van der Waals surface area contributed by atoms with Crippen molar-refractivity contribution in [2.75, 3.05) is 12.4 Å². The van der Waals surface area contributed by atoms with E-state index in [0.717, 1.165) is 32.1 Å². The number of carbonyl (C=O) groups is 2. The van der Waals surface area contributed by atoms with Crippen LogP contribution in [0.15, 0.2) is 29.2 Å². The molecule has 0 unspecified atom stereocenters. The SMILES string of the molecule is COC(=O)CCC(=O)Nc1ccc(S(=O)(=O)NC2CCCCC2)cc1. The summed E-state index contributed by atoms with van der Waals surface area (Å²) < 4.78 is 32.0. The van der Waals surface area contributed by atoms with E-state index in [9.17, 15) is 18.0 Å². The highest BCUT2D eigenvalue weighted by atomic mass is 32.2. The van der Waals surface area contributed by atoms with E-state index >= 15 is 0 Å². The van der Waals surface area contributed by atoms with Crippen molar-refractivity contribution in [3.8, 4) is 0 Å². The summed E-state index contributed by atoms with van der Waals surface area (Å²) in [6, 6.07) is 5.98. The lowest BCUT2D eigenvalue weighted by molar-refractivity contribution is -0.141. The third-order valence-corrected chi connectivity index (χ3v) is 5.70. The third-order valence-electron chi connectivity index (χ3n) is 4.16. The lowest BCUT2D eigenvalue weighted by atomic mass is 9.96. The van der Waals surface area contributed by atoms with Gasteiger partial charge in [-0.05, 0) is 37.1 Å². The molecule has 1 aromatic rings. The number of hydrogen-bond donors (Lipinski definition) is 2. The number of anilines is 1. The number of carbonyl (C=O) groups excluding carboxylic acids is 2. The number of sulfonamides is 1. The van der Waals surface area contributed by atoms with Gasteiger partial charge in [-0.2, -0.15) is 0 Å². The molecule has 0 saturated heterocycles. The summed E-state index contributed by atoms with van der Waals surface area (Å²) >= 11 is 0. The maximum Gasteiger partial charge on any atom is 0.306 e. The van der Waals surface area contributed by atoms with Crippen LogP contribution in [0.1, 0.15) is 44.9 Å². The summed E-state index contributed by atoms with van der Waals surface area (Å²) in [7, 11) is -2.29. The van der Waals surface area contributed by atoms with Crippen LogP contribution in [0.3, 0.4) is 0 Å². The van der Waals surface area contributed by atoms with Gasteiger partial charge in [0.1, 0.15) is 0 Å². The van der Waals surface area contributed by atoms with Crippen molar-refractivity contribution in [2.24, 2.45) is 0 Å². The minimum atomic E-state index is -3.55. The average Bonchev–Trinajstić information content (AvgIpc) is 2.60. The molecule has 1 aliphatic rings. The van der Waals surface area contributed by atoms with E-state index in [1.807, 2.05) is 0 Å². The van der Waals surface area contributed by atoms with E-state index in [2.05, 4.69) is 14.8 Å². The lowest BCUT2D eigenvalue weighted by Crippen LogP contribution is -2.36. The van der Waals surface area contributed by atoms with E-state index in [4.69, 9.17) is 0 Å². The molecule has 0 aliphatic heterocycles. The molecule has 0 spiro atoms. The summed E-state index contributed by atoms with van der Waals surface area (Å²) in [5.74, 6) is -0.785. The van der Waals surface area contributed by atoms with Gasteiger partial charge >= 0.3 is 5.97 Å². The maximum absolute atomic E-state index is 12.4. The van der Waals surface area contributed by atoms with Gasteiger partial charge in [-0.15, -0.1) is 0 Å². The van der Waals surface area contributed by atoms with Crippen LogP contribution in [0, 0.1) is 0 Å². The van der Waals surface area contributed by atoms with E-state index in [0.29, 0.717) is 5.69 Å². The van der Waals surface area contributed by atoms with Gasteiger partial charge in [0.05, 0.1) is 18.4 Å². The summed E-state index contributed by atoms with van der Waals surface area (Å²) in [5, 5.41) is 2.62. The van der Waals surface area contributed by atoms with Gasteiger partial charge in [-0.25, -0.2) is 13.1 Å². The van der Waals surface area contributed by atoms with Gasteiger partial charge in [0.25, 0.3) is 0 Å². The molecule has 0 aromatic heterocycles. The van der Waals surface area contributed by atoms with Crippen molar-refractivity contribution >= 4 is 27.6 Å². The minimum Gasteiger partial charge on any atom is -0.469 e. The van der Waals surface area contributed by atoms with Crippen molar-refractivity contribution in [3.05, 3.63) is 24.3 Å². The first-order valence-electron chi connectivity index (χ1n) is 8.40. The zero-order chi connectivity index (χ0) is 18.3. The van der Waals surface area contributed by atoms with Crippen molar-refractivity contribution in [1.29, 1.82) is 0 Å². The Morgan fingerprint density at radius 2 is 1.72 bits per heavy atom. The number of amides is 1. The second-order valence-corrected chi connectivity index (χ2v) is 7.82. The second kappa shape index (κ2) is 8.96. The first kappa shape index (κ1) is 19.4.